The van der Waals surface area contributed by atoms with Gasteiger partial charge in [0.2, 0.25) is 0 Å². The zero-order valence-corrected chi connectivity index (χ0v) is 35.0. The van der Waals surface area contributed by atoms with Gasteiger partial charge in [0.05, 0.1) is 16.7 Å². The third-order valence-electron chi connectivity index (χ3n) is 13.3. The van der Waals surface area contributed by atoms with Crippen LogP contribution in [-0.2, 0) is 0 Å². The van der Waals surface area contributed by atoms with Gasteiger partial charge in [-0.2, -0.15) is 0 Å². The highest BCUT2D eigenvalue weighted by atomic mass is 15.1. The Kier molecular flexibility index (Phi) is 8.25. The molecule has 0 bridgehead atoms. The van der Waals surface area contributed by atoms with Gasteiger partial charge in [0, 0.05) is 38.6 Å². The molecule has 0 atom stereocenters. The van der Waals surface area contributed by atoms with E-state index in [1.807, 2.05) is 0 Å². The highest BCUT2D eigenvalue weighted by molar-refractivity contribution is 6.24. The molecular formula is C62H40N2. The molecule has 0 unspecified atom stereocenters. The molecule has 13 aromatic rings. The van der Waals surface area contributed by atoms with E-state index in [0.717, 1.165) is 22.7 Å². The SMILES string of the molecule is c1ccc(-n2c3ccccc3c3c(-c4cccc(N(c5ccc(-c6ccc7c(ccc8ccccc87)c6)cc5)c5cc6ccccc6c6ccccc56)c4)cc4ccccc4c32)cc1. The number of benzene rings is 12. The largest absolute Gasteiger partial charge is 0.310 e. The fourth-order valence-electron chi connectivity index (χ4n) is 10.4. The quantitative estimate of drug-likeness (QED) is 0.152. The maximum absolute atomic E-state index is 2.46. The van der Waals surface area contributed by atoms with Gasteiger partial charge < -0.3 is 9.47 Å². The number of hydrogen-bond donors (Lipinski definition) is 0. The topological polar surface area (TPSA) is 8.17 Å². The van der Waals surface area contributed by atoms with Crippen molar-refractivity contribution in [3.05, 3.63) is 243 Å². The molecule has 0 saturated heterocycles. The van der Waals surface area contributed by atoms with Crippen molar-refractivity contribution in [2.75, 3.05) is 4.90 Å². The van der Waals surface area contributed by atoms with Crippen LogP contribution in [0.15, 0.2) is 243 Å². The van der Waals surface area contributed by atoms with E-state index in [2.05, 4.69) is 252 Å². The van der Waals surface area contributed by atoms with Crippen molar-refractivity contribution in [3.8, 4) is 27.9 Å². The van der Waals surface area contributed by atoms with Crippen LogP contribution in [-0.4, -0.2) is 4.57 Å². The van der Waals surface area contributed by atoms with E-state index in [0.29, 0.717) is 0 Å². The van der Waals surface area contributed by atoms with Gasteiger partial charge in [-0.05, 0) is 126 Å². The fraction of sp³-hybridized carbons (Fsp3) is 0. The molecule has 1 heterocycles. The molecule has 1 aromatic heterocycles. The molecule has 0 aliphatic heterocycles. The van der Waals surface area contributed by atoms with Crippen molar-refractivity contribution in [1.29, 1.82) is 0 Å². The second-order valence-electron chi connectivity index (χ2n) is 16.9. The minimum atomic E-state index is 1.09. The van der Waals surface area contributed by atoms with Gasteiger partial charge >= 0.3 is 0 Å². The Bertz CT molecular complexity index is 3950. The van der Waals surface area contributed by atoms with E-state index in [4.69, 9.17) is 0 Å². The third-order valence-corrected chi connectivity index (χ3v) is 13.3. The summed E-state index contributed by atoms with van der Waals surface area (Å²) < 4.78 is 2.45. The number of para-hydroxylation sites is 2. The fourth-order valence-corrected chi connectivity index (χ4v) is 10.4. The lowest BCUT2D eigenvalue weighted by Crippen LogP contribution is -2.11. The number of hydrogen-bond acceptors (Lipinski definition) is 1. The summed E-state index contributed by atoms with van der Waals surface area (Å²) in [7, 11) is 0. The van der Waals surface area contributed by atoms with Crippen LogP contribution in [0.4, 0.5) is 17.1 Å². The van der Waals surface area contributed by atoms with Crippen molar-refractivity contribution in [2.45, 2.75) is 0 Å². The Morgan fingerprint density at radius 3 is 1.67 bits per heavy atom. The first-order valence-corrected chi connectivity index (χ1v) is 22.1. The Morgan fingerprint density at radius 1 is 0.297 bits per heavy atom. The minimum absolute atomic E-state index is 1.09. The molecule has 12 aromatic carbocycles. The average molecular weight is 813 g/mol. The second-order valence-corrected chi connectivity index (χ2v) is 16.9. The van der Waals surface area contributed by atoms with Crippen molar-refractivity contribution < 1.29 is 0 Å². The molecule has 13 rings (SSSR count). The van der Waals surface area contributed by atoms with Gasteiger partial charge in [0.1, 0.15) is 0 Å². The summed E-state index contributed by atoms with van der Waals surface area (Å²) in [5, 5.41) is 14.9. The predicted molar refractivity (Wildman–Crippen MR) is 274 cm³/mol. The summed E-state index contributed by atoms with van der Waals surface area (Å²) in [6, 6.07) is 89.2. The van der Waals surface area contributed by atoms with Gasteiger partial charge in [-0.25, -0.2) is 0 Å². The Morgan fingerprint density at radius 2 is 0.875 bits per heavy atom. The van der Waals surface area contributed by atoms with Crippen molar-refractivity contribution >= 4 is 92.7 Å². The molecule has 0 spiro atoms. The monoisotopic (exact) mass is 812 g/mol. The van der Waals surface area contributed by atoms with Gasteiger partial charge in [-0.15, -0.1) is 0 Å². The van der Waals surface area contributed by atoms with E-state index in [9.17, 15) is 0 Å². The van der Waals surface area contributed by atoms with Gasteiger partial charge in [0.25, 0.3) is 0 Å². The molecule has 0 radical (unpaired) electrons. The van der Waals surface area contributed by atoms with Crippen LogP contribution in [0, 0.1) is 0 Å². The minimum Gasteiger partial charge on any atom is -0.310 e. The molecular weight excluding hydrogens is 773 g/mol. The lowest BCUT2D eigenvalue weighted by molar-refractivity contribution is 1.19. The Labute approximate surface area is 371 Å². The van der Waals surface area contributed by atoms with Crippen molar-refractivity contribution in [1.82, 2.24) is 4.57 Å². The van der Waals surface area contributed by atoms with E-state index >= 15 is 0 Å². The van der Waals surface area contributed by atoms with Crippen LogP contribution in [0.1, 0.15) is 0 Å². The van der Waals surface area contributed by atoms with Gasteiger partial charge in [0.15, 0.2) is 0 Å². The predicted octanol–water partition coefficient (Wildman–Crippen LogP) is 17.4. The van der Waals surface area contributed by atoms with Crippen LogP contribution in [0.2, 0.25) is 0 Å². The first kappa shape index (κ1) is 36.2. The highest BCUT2D eigenvalue weighted by Gasteiger charge is 2.22. The van der Waals surface area contributed by atoms with E-state index in [1.54, 1.807) is 0 Å². The molecule has 2 heteroatoms. The van der Waals surface area contributed by atoms with E-state index in [1.165, 1.54) is 97.9 Å². The van der Waals surface area contributed by atoms with E-state index in [-0.39, 0.29) is 0 Å². The van der Waals surface area contributed by atoms with Gasteiger partial charge in [-0.1, -0.05) is 182 Å². The summed E-state index contributed by atoms with van der Waals surface area (Å²) in [4.78, 5) is 2.46. The van der Waals surface area contributed by atoms with Crippen LogP contribution >= 0.6 is 0 Å². The lowest BCUT2D eigenvalue weighted by atomic mass is 9.94. The zero-order valence-electron chi connectivity index (χ0n) is 35.0. The second kappa shape index (κ2) is 14.6. The molecule has 0 N–H and O–H groups in total. The summed E-state index contributed by atoms with van der Waals surface area (Å²) in [5.74, 6) is 0. The number of fused-ring (bicyclic) bond motifs is 11. The highest BCUT2D eigenvalue weighted by Crippen LogP contribution is 2.46. The molecule has 0 fully saturated rings. The van der Waals surface area contributed by atoms with Crippen LogP contribution in [0.5, 0.6) is 0 Å². The lowest BCUT2D eigenvalue weighted by Gasteiger charge is -2.28. The van der Waals surface area contributed by atoms with Crippen molar-refractivity contribution in [3.63, 3.8) is 0 Å². The summed E-state index contributed by atoms with van der Waals surface area (Å²) in [6.45, 7) is 0. The molecule has 64 heavy (non-hydrogen) atoms. The summed E-state index contributed by atoms with van der Waals surface area (Å²) in [5.41, 5.74) is 11.7. The van der Waals surface area contributed by atoms with Gasteiger partial charge in [-0.3, -0.25) is 0 Å². The molecule has 0 aliphatic carbocycles. The third kappa shape index (κ3) is 5.73. The Hall–Kier alpha value is -8.46. The molecule has 0 aliphatic rings. The van der Waals surface area contributed by atoms with E-state index < -0.39 is 0 Å². The Balaban J connectivity index is 1.03. The smallest absolute Gasteiger partial charge is 0.0625 e. The van der Waals surface area contributed by atoms with Crippen molar-refractivity contribution in [2.24, 2.45) is 0 Å². The van der Waals surface area contributed by atoms with Crippen LogP contribution in [0.3, 0.4) is 0 Å². The number of aromatic nitrogens is 1. The van der Waals surface area contributed by atoms with Crippen LogP contribution in [0.25, 0.3) is 104 Å². The molecule has 0 amide bonds. The first-order valence-electron chi connectivity index (χ1n) is 22.1. The molecule has 2 nitrogen and oxygen atoms in total. The number of nitrogens with zero attached hydrogens (tertiary/aromatic N) is 2. The summed E-state index contributed by atoms with van der Waals surface area (Å²) in [6.07, 6.45) is 0. The molecule has 298 valence electrons. The first-order chi connectivity index (χ1) is 31.7. The maximum atomic E-state index is 2.46. The molecule has 0 saturated carbocycles. The summed E-state index contributed by atoms with van der Waals surface area (Å²) >= 11 is 0. The number of anilines is 3. The average Bonchev–Trinajstić information content (AvgIpc) is 3.72. The number of rotatable bonds is 6. The maximum Gasteiger partial charge on any atom is 0.0625 e. The van der Waals surface area contributed by atoms with Crippen LogP contribution < -0.4 is 4.90 Å². The standard InChI is InChI=1S/C62H40N2/c1-2-19-48(20-3-1)64-59-28-13-12-27-57(59)61-58(39-45-16-6-9-24-54(45)62(61)64)44-18-14-21-50(38-44)63(60-40-46-17-5-8-23-52(46)55-25-10-11-26-56(55)60)49-34-31-41(32-35-49)43-33-36-53-47(37-43)30-29-42-15-4-7-22-51(42)53/h1-40H. The zero-order chi connectivity index (χ0) is 42.1. The normalized spacial score (nSPS) is 11.8.